The third-order valence-electron chi connectivity index (χ3n) is 10.5. The van der Waals surface area contributed by atoms with Gasteiger partial charge in [0, 0.05) is 0 Å². The molecule has 0 heterocycles. The number of hydrogen-bond donors (Lipinski definition) is 0. The molecule has 0 spiro atoms. The molecule has 1 nitrogen and oxygen atoms in total. The highest BCUT2D eigenvalue weighted by atomic mass is 14.3. The highest BCUT2D eigenvalue weighted by Crippen LogP contribution is 2.39. The van der Waals surface area contributed by atoms with E-state index in [0.29, 0.717) is 5.56 Å². The minimum absolute atomic E-state index is 0.669. The Morgan fingerprint density at radius 2 is 0.560 bits per heavy atom. The molecule has 1 heteroatoms. The zero-order valence-electron chi connectivity index (χ0n) is 27.2. The lowest BCUT2D eigenvalue weighted by Crippen LogP contribution is -1.89. The average Bonchev–Trinajstić information content (AvgIpc) is 3.20. The van der Waals surface area contributed by atoms with Gasteiger partial charge in [0.2, 0.25) is 0 Å². The molecule has 230 valence electrons. The first-order valence-electron chi connectivity index (χ1n) is 17.1. The number of rotatable bonds is 3. The third kappa shape index (κ3) is 4.33. The molecule has 10 rings (SSSR count). The van der Waals surface area contributed by atoms with Crippen LogP contribution in [-0.4, -0.2) is 0 Å². The van der Waals surface area contributed by atoms with Gasteiger partial charge in [0.1, 0.15) is 0 Å². The van der Waals surface area contributed by atoms with Crippen molar-refractivity contribution in [3.63, 3.8) is 0 Å². The summed E-state index contributed by atoms with van der Waals surface area (Å²) in [6, 6.07) is 65.6. The maximum Gasteiger partial charge on any atom is 0.0998 e. The van der Waals surface area contributed by atoms with Crippen LogP contribution in [0.2, 0.25) is 0 Å². The van der Waals surface area contributed by atoms with Gasteiger partial charge in [0.05, 0.1) is 11.6 Å². The van der Waals surface area contributed by atoms with Crippen LogP contribution in [0.4, 0.5) is 0 Å². The average molecular weight is 632 g/mol. The van der Waals surface area contributed by atoms with Crippen LogP contribution in [0.15, 0.2) is 176 Å². The van der Waals surface area contributed by atoms with E-state index in [1.807, 2.05) is 6.07 Å². The van der Waals surface area contributed by atoms with Crippen LogP contribution < -0.4 is 0 Å². The molecule has 10 aromatic rings. The van der Waals surface area contributed by atoms with Crippen LogP contribution in [0.5, 0.6) is 0 Å². The first-order valence-corrected chi connectivity index (χ1v) is 17.1. The fraction of sp³-hybridized carbons (Fsp3) is 0. The Morgan fingerprint density at radius 3 is 0.980 bits per heavy atom. The van der Waals surface area contributed by atoms with E-state index in [1.165, 1.54) is 70.2 Å². The summed E-state index contributed by atoms with van der Waals surface area (Å²) in [5.41, 5.74) is 7.12. The summed E-state index contributed by atoms with van der Waals surface area (Å²) in [7, 11) is 0. The van der Waals surface area contributed by atoms with E-state index in [1.54, 1.807) is 0 Å². The molecule has 0 amide bonds. The van der Waals surface area contributed by atoms with Crippen LogP contribution in [0.3, 0.4) is 0 Å². The molecular weight excluding hydrogens is 603 g/mol. The monoisotopic (exact) mass is 631 g/mol. The maximum atomic E-state index is 10.3. The molecule has 0 saturated heterocycles. The van der Waals surface area contributed by atoms with Gasteiger partial charge in [-0.15, -0.1) is 0 Å². The van der Waals surface area contributed by atoms with Crippen molar-refractivity contribution in [2.45, 2.75) is 0 Å². The molecule has 0 aromatic heterocycles. The van der Waals surface area contributed by atoms with Crippen LogP contribution >= 0.6 is 0 Å². The molecule has 0 saturated carbocycles. The van der Waals surface area contributed by atoms with Gasteiger partial charge in [-0.05, 0) is 116 Å². The molecule has 0 aliphatic rings. The summed E-state index contributed by atoms with van der Waals surface area (Å²) >= 11 is 0. The summed E-state index contributed by atoms with van der Waals surface area (Å²) < 4.78 is 0. The van der Waals surface area contributed by atoms with E-state index in [4.69, 9.17) is 0 Å². The Kier molecular flexibility index (Phi) is 6.31. The van der Waals surface area contributed by atoms with Gasteiger partial charge >= 0.3 is 0 Å². The van der Waals surface area contributed by atoms with E-state index in [2.05, 4.69) is 176 Å². The van der Waals surface area contributed by atoms with Crippen molar-refractivity contribution in [2.75, 3.05) is 0 Å². The number of nitriles is 1. The van der Waals surface area contributed by atoms with Gasteiger partial charge in [-0.3, -0.25) is 0 Å². The van der Waals surface area contributed by atoms with E-state index >= 15 is 0 Å². The highest BCUT2D eigenvalue weighted by molar-refractivity contribution is 6.27. The highest BCUT2D eigenvalue weighted by Gasteiger charge is 2.13. The van der Waals surface area contributed by atoms with Crippen molar-refractivity contribution in [1.29, 1.82) is 5.26 Å². The summed E-state index contributed by atoms with van der Waals surface area (Å²) in [6.07, 6.45) is 0. The Balaban J connectivity index is 1.03. The maximum absolute atomic E-state index is 10.3. The molecule has 50 heavy (non-hydrogen) atoms. The fourth-order valence-corrected chi connectivity index (χ4v) is 8.08. The fourth-order valence-electron chi connectivity index (χ4n) is 8.08. The summed E-state index contributed by atoms with van der Waals surface area (Å²) in [6.45, 7) is 0. The van der Waals surface area contributed by atoms with Gasteiger partial charge in [0.15, 0.2) is 0 Å². The van der Waals surface area contributed by atoms with E-state index in [9.17, 15) is 5.26 Å². The zero-order valence-corrected chi connectivity index (χ0v) is 27.2. The van der Waals surface area contributed by atoms with Crippen LogP contribution in [0.25, 0.3) is 98.0 Å². The van der Waals surface area contributed by atoms with Gasteiger partial charge in [-0.25, -0.2) is 0 Å². The normalized spacial score (nSPS) is 11.6. The molecule has 0 unspecified atom stereocenters. The van der Waals surface area contributed by atoms with Crippen LogP contribution in [-0.2, 0) is 0 Å². The van der Waals surface area contributed by atoms with Gasteiger partial charge in [-0.1, -0.05) is 158 Å². The minimum atomic E-state index is 0.669. The predicted octanol–water partition coefficient (Wildman–Crippen LogP) is 13.5. The molecule has 0 bridgehead atoms. The van der Waals surface area contributed by atoms with Gasteiger partial charge in [0.25, 0.3) is 0 Å². The Hall–Kier alpha value is -6.75. The largest absolute Gasteiger partial charge is 0.192 e. The SMILES string of the molecule is N#Cc1cc(-c2ccc3c4ccccc4c4ccccc4c3c2)ccc1-c1ccc(-c2ccc3c4ccccc4c4ccccc4c3c2)cc1. The van der Waals surface area contributed by atoms with Crippen molar-refractivity contribution in [2.24, 2.45) is 0 Å². The Morgan fingerprint density at radius 1 is 0.260 bits per heavy atom. The summed E-state index contributed by atoms with van der Waals surface area (Å²) in [4.78, 5) is 0. The van der Waals surface area contributed by atoms with Crippen molar-refractivity contribution >= 4 is 64.6 Å². The minimum Gasteiger partial charge on any atom is -0.192 e. The lowest BCUT2D eigenvalue weighted by molar-refractivity contribution is 1.47. The second-order valence-corrected chi connectivity index (χ2v) is 13.2. The second-order valence-electron chi connectivity index (χ2n) is 13.2. The standard InChI is InChI=1S/C49H29N/c50-30-36-27-33(35-23-26-47-43-14-4-2-10-39(43)41-12-6-8-16-45(41)49(47)29-35)21-24-37(36)32-19-17-31(18-20-32)34-22-25-46-42-13-3-1-9-38(42)40-11-5-7-15-44(40)48(46)28-34/h1-29H. The quantitative estimate of drug-likeness (QED) is 0.178. The predicted molar refractivity (Wildman–Crippen MR) is 213 cm³/mol. The van der Waals surface area contributed by atoms with Crippen LogP contribution in [0, 0.1) is 11.3 Å². The summed E-state index contributed by atoms with van der Waals surface area (Å²) in [5, 5.41) is 25.5. The Labute approximate surface area is 289 Å². The lowest BCUT2D eigenvalue weighted by atomic mass is 9.90. The number of fused-ring (bicyclic) bond motifs is 12. The Bertz CT molecular complexity index is 2960. The topological polar surface area (TPSA) is 23.8 Å². The van der Waals surface area contributed by atoms with Gasteiger partial charge < -0.3 is 0 Å². The number of nitrogens with zero attached hydrogens (tertiary/aromatic N) is 1. The molecular formula is C49H29N. The van der Waals surface area contributed by atoms with Crippen molar-refractivity contribution < 1.29 is 0 Å². The number of hydrogen-bond acceptors (Lipinski definition) is 1. The van der Waals surface area contributed by atoms with Crippen molar-refractivity contribution in [3.8, 4) is 39.4 Å². The lowest BCUT2D eigenvalue weighted by Gasteiger charge is -2.13. The number of benzene rings is 10. The van der Waals surface area contributed by atoms with E-state index in [0.717, 1.165) is 27.8 Å². The second kappa shape index (κ2) is 11.2. The first kappa shape index (κ1) is 28.3. The summed E-state index contributed by atoms with van der Waals surface area (Å²) in [5.74, 6) is 0. The molecule has 0 fully saturated rings. The smallest absolute Gasteiger partial charge is 0.0998 e. The van der Waals surface area contributed by atoms with E-state index in [-0.39, 0.29) is 0 Å². The molecule has 0 radical (unpaired) electrons. The zero-order chi connectivity index (χ0) is 33.2. The van der Waals surface area contributed by atoms with Crippen LogP contribution in [0.1, 0.15) is 5.56 Å². The molecule has 10 aromatic carbocycles. The first-order chi connectivity index (χ1) is 24.7. The molecule has 0 aliphatic heterocycles. The molecule has 0 atom stereocenters. The molecule has 0 N–H and O–H groups in total. The van der Waals surface area contributed by atoms with Crippen molar-refractivity contribution in [3.05, 3.63) is 181 Å². The van der Waals surface area contributed by atoms with E-state index < -0.39 is 0 Å². The van der Waals surface area contributed by atoms with Crippen molar-refractivity contribution in [1.82, 2.24) is 0 Å². The van der Waals surface area contributed by atoms with Gasteiger partial charge in [-0.2, -0.15) is 5.26 Å². The third-order valence-corrected chi connectivity index (χ3v) is 10.5. The molecule has 0 aliphatic carbocycles.